The Morgan fingerprint density at radius 2 is 1.10 bits per heavy atom. The van der Waals surface area contributed by atoms with Crippen LogP contribution in [0.25, 0.3) is 12.2 Å². The lowest BCUT2D eigenvalue weighted by Gasteiger charge is -2.15. The summed E-state index contributed by atoms with van der Waals surface area (Å²) in [5.74, 6) is 1.23. The van der Waals surface area contributed by atoms with E-state index < -0.39 is 0 Å². The van der Waals surface area contributed by atoms with Crippen molar-refractivity contribution in [3.8, 4) is 0 Å². The molecule has 0 heterocycles. The van der Waals surface area contributed by atoms with Crippen LogP contribution in [0.1, 0.15) is 47.9 Å². The Morgan fingerprint density at radius 3 is 1.52 bits per heavy atom. The van der Waals surface area contributed by atoms with Gasteiger partial charge < -0.3 is 0 Å². The normalized spacial score (nSPS) is 23.1. The number of allylic oxidation sites excluding steroid dienone is 2. The first-order valence-corrected chi connectivity index (χ1v) is 9.24. The van der Waals surface area contributed by atoms with Gasteiger partial charge in [-0.2, -0.15) is 0 Å². The Morgan fingerprint density at radius 1 is 0.667 bits per heavy atom. The van der Waals surface area contributed by atoms with Crippen LogP contribution in [0.15, 0.2) is 58.9 Å². The predicted octanol–water partition coefficient (Wildman–Crippen LogP) is 4.47. The van der Waals surface area contributed by atoms with E-state index in [0.717, 1.165) is 0 Å². The van der Waals surface area contributed by atoms with E-state index >= 15 is 0 Å². The molecule has 2 unspecified atom stereocenters. The summed E-state index contributed by atoms with van der Waals surface area (Å²) in [5.41, 5.74) is 5.92. The summed E-state index contributed by atoms with van der Waals surface area (Å²) < 4.78 is 0. The van der Waals surface area contributed by atoms with Crippen LogP contribution in [0.5, 0.6) is 0 Å². The summed E-state index contributed by atoms with van der Waals surface area (Å²) in [6, 6.07) is 17.7. The molecule has 0 nitrogen and oxygen atoms in total. The molecule has 0 N–H and O–H groups in total. The molecule has 1 heteroatoms. The summed E-state index contributed by atoms with van der Waals surface area (Å²) in [6.07, 6.45) is 4.92. The van der Waals surface area contributed by atoms with Gasteiger partial charge in [-0.3, -0.25) is 0 Å². The van der Waals surface area contributed by atoms with Gasteiger partial charge in [0.2, 0.25) is 0 Å². The highest BCUT2D eigenvalue weighted by Crippen LogP contribution is 2.40. The molecule has 0 saturated heterocycles. The second-order valence-electron chi connectivity index (χ2n) is 6.32. The van der Waals surface area contributed by atoms with Gasteiger partial charge in [0.1, 0.15) is 0 Å². The van der Waals surface area contributed by atoms with Crippen LogP contribution < -0.4 is 0 Å². The SMILES string of the molecule is CC1C([SiH2]C2=Cc3ccccc3C2C)=Cc2ccccc21. The van der Waals surface area contributed by atoms with Crippen molar-refractivity contribution in [3.05, 3.63) is 81.2 Å². The fourth-order valence-electron chi connectivity index (χ4n) is 3.77. The Bertz CT molecular complexity index is 701. The van der Waals surface area contributed by atoms with Gasteiger partial charge in [0.05, 0.1) is 9.52 Å². The molecule has 0 bridgehead atoms. The van der Waals surface area contributed by atoms with Crippen LogP contribution >= 0.6 is 0 Å². The van der Waals surface area contributed by atoms with Gasteiger partial charge in [-0.25, -0.2) is 0 Å². The van der Waals surface area contributed by atoms with E-state index in [1.807, 2.05) is 0 Å². The van der Waals surface area contributed by atoms with E-state index in [-0.39, 0.29) is 9.52 Å². The van der Waals surface area contributed by atoms with Crippen molar-refractivity contribution in [1.82, 2.24) is 0 Å². The predicted molar refractivity (Wildman–Crippen MR) is 94.2 cm³/mol. The lowest BCUT2D eigenvalue weighted by atomic mass is 10.0. The van der Waals surface area contributed by atoms with Crippen molar-refractivity contribution >= 4 is 21.7 Å². The van der Waals surface area contributed by atoms with E-state index in [1.165, 1.54) is 22.3 Å². The number of hydrogen-bond acceptors (Lipinski definition) is 0. The van der Waals surface area contributed by atoms with Crippen LogP contribution in [0.4, 0.5) is 0 Å². The van der Waals surface area contributed by atoms with Crippen molar-refractivity contribution in [2.45, 2.75) is 25.7 Å². The Hall–Kier alpha value is -1.86. The van der Waals surface area contributed by atoms with E-state index in [1.54, 1.807) is 10.4 Å². The Balaban J connectivity index is 1.62. The highest BCUT2D eigenvalue weighted by molar-refractivity contribution is 6.57. The molecule has 0 radical (unpaired) electrons. The number of fused-ring (bicyclic) bond motifs is 2. The lowest BCUT2D eigenvalue weighted by molar-refractivity contribution is 0.949. The van der Waals surface area contributed by atoms with Gasteiger partial charge in [0, 0.05) is 0 Å². The molecule has 0 fully saturated rings. The third-order valence-electron chi connectivity index (χ3n) is 5.13. The molecular weight excluding hydrogens is 268 g/mol. The smallest absolute Gasteiger partial charge is 0.0753 e. The summed E-state index contributed by atoms with van der Waals surface area (Å²) in [7, 11) is -0.336. The molecule has 2 aromatic rings. The van der Waals surface area contributed by atoms with Gasteiger partial charge in [-0.15, -0.1) is 0 Å². The second kappa shape index (κ2) is 4.85. The molecule has 2 aromatic carbocycles. The summed E-state index contributed by atoms with van der Waals surface area (Å²) in [5, 5.41) is 3.39. The van der Waals surface area contributed by atoms with Crippen molar-refractivity contribution in [1.29, 1.82) is 0 Å². The maximum absolute atomic E-state index is 2.46. The summed E-state index contributed by atoms with van der Waals surface area (Å²) in [6.45, 7) is 4.75. The minimum absolute atomic E-state index is 0.336. The van der Waals surface area contributed by atoms with Crippen molar-refractivity contribution < 1.29 is 0 Å². The van der Waals surface area contributed by atoms with E-state index in [9.17, 15) is 0 Å². The number of benzene rings is 2. The zero-order valence-electron chi connectivity index (χ0n) is 12.6. The highest BCUT2D eigenvalue weighted by Gasteiger charge is 2.26. The van der Waals surface area contributed by atoms with Crippen molar-refractivity contribution in [2.75, 3.05) is 0 Å². The number of hydrogen-bond donors (Lipinski definition) is 0. The molecule has 4 rings (SSSR count). The largest absolute Gasteiger partial charge is 0.0789 e. The molecule has 2 aliphatic carbocycles. The average molecular weight is 288 g/mol. The van der Waals surface area contributed by atoms with Gasteiger partial charge in [-0.05, 0) is 34.1 Å². The van der Waals surface area contributed by atoms with Crippen molar-refractivity contribution in [2.24, 2.45) is 0 Å². The summed E-state index contributed by atoms with van der Waals surface area (Å²) in [4.78, 5) is 0. The van der Waals surface area contributed by atoms with Gasteiger partial charge in [-0.1, -0.05) is 84.9 Å². The fraction of sp³-hybridized carbons (Fsp3) is 0.200. The van der Waals surface area contributed by atoms with Crippen LogP contribution in [0.3, 0.4) is 0 Å². The maximum atomic E-state index is 2.46. The first kappa shape index (κ1) is 12.8. The van der Waals surface area contributed by atoms with E-state index in [0.29, 0.717) is 11.8 Å². The van der Waals surface area contributed by atoms with E-state index in [2.05, 4.69) is 74.5 Å². The molecule has 2 atom stereocenters. The van der Waals surface area contributed by atoms with Gasteiger partial charge >= 0.3 is 0 Å². The molecule has 0 aromatic heterocycles. The van der Waals surface area contributed by atoms with Gasteiger partial charge in [0.15, 0.2) is 0 Å². The molecule has 2 aliphatic rings. The van der Waals surface area contributed by atoms with E-state index in [4.69, 9.17) is 0 Å². The highest BCUT2D eigenvalue weighted by atomic mass is 28.2. The summed E-state index contributed by atoms with van der Waals surface area (Å²) >= 11 is 0. The standard InChI is InChI=1S/C20H20Si/c1-13-17-9-5-3-7-15(17)11-19(13)21-20-12-16-8-4-6-10-18(16)14(20)2/h3-14H,21H2,1-2H3. The molecule has 104 valence electrons. The first-order valence-electron chi connectivity index (χ1n) is 7.83. The van der Waals surface area contributed by atoms with Crippen LogP contribution in [-0.2, 0) is 0 Å². The third-order valence-corrected chi connectivity index (χ3v) is 7.58. The average Bonchev–Trinajstić information content (AvgIpc) is 2.99. The number of rotatable bonds is 2. The second-order valence-corrected chi connectivity index (χ2v) is 8.30. The van der Waals surface area contributed by atoms with Crippen LogP contribution in [-0.4, -0.2) is 9.52 Å². The molecule has 0 saturated carbocycles. The Kier molecular flexibility index (Phi) is 2.97. The maximum Gasteiger partial charge on any atom is 0.0789 e. The van der Waals surface area contributed by atoms with Crippen molar-refractivity contribution in [3.63, 3.8) is 0 Å². The zero-order chi connectivity index (χ0) is 14.4. The lowest BCUT2D eigenvalue weighted by Crippen LogP contribution is -2.07. The molecule has 21 heavy (non-hydrogen) atoms. The zero-order valence-corrected chi connectivity index (χ0v) is 14.0. The molecule has 0 aliphatic heterocycles. The van der Waals surface area contributed by atoms with Crippen LogP contribution in [0.2, 0.25) is 0 Å². The third kappa shape index (κ3) is 2.04. The molecular formula is C20H20Si. The minimum atomic E-state index is -0.336. The Labute approximate surface area is 129 Å². The topological polar surface area (TPSA) is 0 Å². The monoisotopic (exact) mass is 288 g/mol. The van der Waals surface area contributed by atoms with Crippen LogP contribution in [0, 0.1) is 0 Å². The van der Waals surface area contributed by atoms with Gasteiger partial charge in [0.25, 0.3) is 0 Å². The minimum Gasteiger partial charge on any atom is -0.0753 e. The fourth-order valence-corrected chi connectivity index (χ4v) is 5.93. The first-order chi connectivity index (χ1) is 10.2. The molecule has 0 amide bonds. The molecule has 0 spiro atoms. The quantitative estimate of drug-likeness (QED) is 0.715.